The van der Waals surface area contributed by atoms with Gasteiger partial charge in [0, 0.05) is 11.9 Å². The van der Waals surface area contributed by atoms with Crippen molar-refractivity contribution in [2.45, 2.75) is 54.4 Å². The van der Waals surface area contributed by atoms with Gasteiger partial charge in [-0.1, -0.05) is 71.9 Å². The summed E-state index contributed by atoms with van der Waals surface area (Å²) in [5.41, 5.74) is 3.40. The molecule has 2 heteroatoms. The summed E-state index contributed by atoms with van der Waals surface area (Å²) in [6.45, 7) is 13.4. The first-order valence-corrected chi connectivity index (χ1v) is 7.67. The Morgan fingerprint density at radius 2 is 1.43 bits per heavy atom. The lowest BCUT2D eigenvalue weighted by Gasteiger charge is -2.17. The highest BCUT2D eigenvalue weighted by molar-refractivity contribution is 5.15. The Balaban J connectivity index is 0.000000211. The first-order chi connectivity index (χ1) is 9.66. The van der Waals surface area contributed by atoms with E-state index in [2.05, 4.69) is 81.8 Å². The van der Waals surface area contributed by atoms with Crippen LogP contribution in [0.2, 0.25) is 0 Å². The number of nitrogens with zero attached hydrogens (tertiary/aromatic N) is 1. The van der Waals surface area contributed by atoms with Gasteiger partial charge < -0.3 is 4.98 Å². The van der Waals surface area contributed by atoms with Crippen molar-refractivity contribution in [3.05, 3.63) is 54.1 Å². The van der Waals surface area contributed by atoms with Crippen LogP contribution in [0.25, 0.3) is 0 Å². The molecule has 0 saturated carbocycles. The highest BCUT2D eigenvalue weighted by Gasteiger charge is 2.11. The maximum atomic E-state index is 3.95. The Hall–Kier alpha value is -1.57. The zero-order valence-electron chi connectivity index (χ0n) is 14.4. The Morgan fingerprint density at radius 3 is 1.86 bits per heavy atom. The van der Waals surface area contributed by atoms with Crippen LogP contribution in [0.15, 0.2) is 42.9 Å². The molecule has 2 nitrogen and oxygen atoms in total. The van der Waals surface area contributed by atoms with E-state index in [0.29, 0.717) is 10.8 Å². The summed E-state index contributed by atoms with van der Waals surface area (Å²) < 4.78 is 0. The van der Waals surface area contributed by atoms with E-state index in [1.807, 2.05) is 6.20 Å². The average molecular weight is 286 g/mol. The second kappa shape index (κ2) is 7.44. The quantitative estimate of drug-likeness (QED) is 0.800. The molecule has 0 amide bonds. The molecule has 0 aliphatic heterocycles. The molecule has 1 heterocycles. The fourth-order valence-electron chi connectivity index (χ4n) is 2.16. The minimum Gasteiger partial charge on any atom is -0.348 e. The number of nitrogens with one attached hydrogen (secondary N) is 1. The van der Waals surface area contributed by atoms with Crippen LogP contribution in [0.5, 0.6) is 0 Å². The van der Waals surface area contributed by atoms with Gasteiger partial charge in [-0.25, -0.2) is 4.98 Å². The van der Waals surface area contributed by atoms with Crippen LogP contribution in [0, 0.1) is 10.8 Å². The number of aromatic nitrogens is 2. The fourth-order valence-corrected chi connectivity index (χ4v) is 2.16. The summed E-state index contributed by atoms with van der Waals surface area (Å²) in [6.07, 6.45) is 5.83. The Bertz CT molecular complexity index is 485. The molecule has 0 atom stereocenters. The van der Waals surface area contributed by atoms with Gasteiger partial charge in [0.2, 0.25) is 0 Å². The lowest BCUT2D eigenvalue weighted by molar-refractivity contribution is 0.407. The zero-order chi connectivity index (χ0) is 15.9. The molecular formula is C19H30N2. The van der Waals surface area contributed by atoms with E-state index in [-0.39, 0.29) is 0 Å². The number of hydrogen-bond acceptors (Lipinski definition) is 1. The topological polar surface area (TPSA) is 28.7 Å². The minimum atomic E-state index is 0.354. The molecule has 0 aliphatic rings. The van der Waals surface area contributed by atoms with Crippen molar-refractivity contribution in [1.82, 2.24) is 9.97 Å². The molecule has 2 aromatic rings. The minimum absolute atomic E-state index is 0.354. The molecule has 1 N–H and O–H groups in total. The Kier molecular flexibility index (Phi) is 6.19. The molecule has 0 radical (unpaired) electrons. The second-order valence-corrected chi connectivity index (χ2v) is 8.04. The van der Waals surface area contributed by atoms with E-state index in [9.17, 15) is 0 Å². The molecule has 1 aromatic carbocycles. The third-order valence-corrected chi connectivity index (χ3v) is 2.85. The third-order valence-electron chi connectivity index (χ3n) is 2.85. The van der Waals surface area contributed by atoms with Crippen molar-refractivity contribution in [3.8, 4) is 0 Å². The monoisotopic (exact) mass is 286 g/mol. The fraction of sp³-hybridized carbons (Fsp3) is 0.526. The zero-order valence-corrected chi connectivity index (χ0v) is 14.4. The van der Waals surface area contributed by atoms with Crippen molar-refractivity contribution >= 4 is 0 Å². The predicted octanol–water partition coefficient (Wildman–Crippen LogP) is 5.27. The molecule has 0 bridgehead atoms. The summed E-state index contributed by atoms with van der Waals surface area (Å²) in [5.74, 6) is 0. The average Bonchev–Trinajstić information content (AvgIpc) is 2.79. The number of benzene rings is 1. The summed E-state index contributed by atoms with van der Waals surface area (Å²) in [4.78, 5) is 7.03. The Morgan fingerprint density at radius 1 is 0.857 bits per heavy atom. The molecule has 1 aromatic heterocycles. The first kappa shape index (κ1) is 17.5. The van der Waals surface area contributed by atoms with Crippen molar-refractivity contribution in [3.63, 3.8) is 0 Å². The van der Waals surface area contributed by atoms with E-state index in [4.69, 9.17) is 0 Å². The van der Waals surface area contributed by atoms with E-state index < -0.39 is 0 Å². The van der Waals surface area contributed by atoms with Gasteiger partial charge in [0.05, 0.1) is 6.33 Å². The number of rotatable bonds is 2. The van der Waals surface area contributed by atoms with Crippen LogP contribution >= 0.6 is 0 Å². The van der Waals surface area contributed by atoms with E-state index in [1.165, 1.54) is 11.3 Å². The van der Waals surface area contributed by atoms with Gasteiger partial charge in [-0.05, 0) is 29.2 Å². The van der Waals surface area contributed by atoms with Gasteiger partial charge in [-0.3, -0.25) is 0 Å². The van der Waals surface area contributed by atoms with Gasteiger partial charge >= 0.3 is 0 Å². The van der Waals surface area contributed by atoms with E-state index in [0.717, 1.165) is 12.8 Å². The van der Waals surface area contributed by atoms with E-state index in [1.54, 1.807) is 6.33 Å². The normalized spacial score (nSPS) is 11.7. The summed E-state index contributed by atoms with van der Waals surface area (Å²) in [5, 5.41) is 0. The molecule has 0 aliphatic carbocycles. The molecule has 0 spiro atoms. The van der Waals surface area contributed by atoms with Crippen LogP contribution in [0.3, 0.4) is 0 Å². The van der Waals surface area contributed by atoms with Crippen molar-refractivity contribution in [1.29, 1.82) is 0 Å². The number of aromatic amines is 1. The smallest absolute Gasteiger partial charge is 0.0921 e. The van der Waals surface area contributed by atoms with E-state index >= 15 is 0 Å². The van der Waals surface area contributed by atoms with Crippen LogP contribution in [0.4, 0.5) is 0 Å². The van der Waals surface area contributed by atoms with Crippen LogP contribution in [-0.4, -0.2) is 9.97 Å². The summed E-state index contributed by atoms with van der Waals surface area (Å²) in [6, 6.07) is 10.6. The second-order valence-electron chi connectivity index (χ2n) is 8.04. The molecule has 0 unspecified atom stereocenters. The van der Waals surface area contributed by atoms with Gasteiger partial charge in [0.1, 0.15) is 0 Å². The molecule has 2 rings (SSSR count). The lowest BCUT2D eigenvalue weighted by Crippen LogP contribution is -2.09. The maximum absolute atomic E-state index is 3.95. The maximum Gasteiger partial charge on any atom is 0.0921 e. The van der Waals surface area contributed by atoms with Crippen LogP contribution in [0.1, 0.15) is 52.8 Å². The van der Waals surface area contributed by atoms with Crippen LogP contribution in [-0.2, 0) is 12.8 Å². The third kappa shape index (κ3) is 9.06. The number of H-pyrrole nitrogens is 1. The predicted molar refractivity (Wildman–Crippen MR) is 91.3 cm³/mol. The Labute approximate surface area is 130 Å². The van der Waals surface area contributed by atoms with Crippen LogP contribution < -0.4 is 0 Å². The largest absolute Gasteiger partial charge is 0.348 e. The molecule has 0 saturated heterocycles. The van der Waals surface area contributed by atoms with Gasteiger partial charge in [0.15, 0.2) is 0 Å². The highest BCUT2D eigenvalue weighted by atomic mass is 14.9. The molecule has 116 valence electrons. The van der Waals surface area contributed by atoms with Gasteiger partial charge in [0.25, 0.3) is 0 Å². The van der Waals surface area contributed by atoms with Crippen molar-refractivity contribution in [2.24, 2.45) is 10.8 Å². The number of hydrogen-bond donors (Lipinski definition) is 1. The highest BCUT2D eigenvalue weighted by Crippen LogP contribution is 2.20. The number of imidazole rings is 1. The van der Waals surface area contributed by atoms with Crippen molar-refractivity contribution in [2.75, 3.05) is 0 Å². The van der Waals surface area contributed by atoms with Crippen molar-refractivity contribution < 1.29 is 0 Å². The standard InChI is InChI=1S/C11H16.C8H14N2/c1-11(2,3)9-10-7-5-4-6-8-10;1-8(2,3)4-7-5-9-6-10-7/h4-8H,9H2,1-3H3;5-6H,4H2,1-3H3,(H,9,10). The summed E-state index contributed by atoms with van der Waals surface area (Å²) in [7, 11) is 0. The SMILES string of the molecule is CC(C)(C)Cc1ccccc1.CC(C)(C)Cc1cnc[nH]1. The molecular weight excluding hydrogens is 256 g/mol. The first-order valence-electron chi connectivity index (χ1n) is 7.67. The molecule has 21 heavy (non-hydrogen) atoms. The van der Waals surface area contributed by atoms with Gasteiger partial charge in [-0.2, -0.15) is 0 Å². The van der Waals surface area contributed by atoms with Gasteiger partial charge in [-0.15, -0.1) is 0 Å². The molecule has 0 fully saturated rings. The lowest BCUT2D eigenvalue weighted by atomic mass is 9.88. The summed E-state index contributed by atoms with van der Waals surface area (Å²) >= 11 is 0.